The van der Waals surface area contributed by atoms with Crippen molar-refractivity contribution < 1.29 is 5.11 Å². The molecule has 0 unspecified atom stereocenters. The Morgan fingerprint density at radius 3 is 1.94 bits per heavy atom. The van der Waals surface area contributed by atoms with Crippen LogP contribution in [0.2, 0.25) is 0 Å². The molecule has 0 amide bonds. The van der Waals surface area contributed by atoms with Gasteiger partial charge in [-0.15, -0.1) is 0 Å². The van der Waals surface area contributed by atoms with Gasteiger partial charge in [0, 0.05) is 11.1 Å². The summed E-state index contributed by atoms with van der Waals surface area (Å²) in [5, 5.41) is 9.90. The van der Waals surface area contributed by atoms with Gasteiger partial charge in [0.25, 0.3) is 0 Å². The lowest BCUT2D eigenvalue weighted by atomic mass is 10.2. The Balaban J connectivity index is 2.07. The lowest BCUT2D eigenvalue weighted by Crippen LogP contribution is -1.80. The minimum absolute atomic E-state index is 0.0278. The van der Waals surface area contributed by atoms with Gasteiger partial charge in [-0.25, -0.2) is 0 Å². The molecule has 88 valence electrons. The molecule has 0 aliphatic heterocycles. The summed E-state index contributed by atoms with van der Waals surface area (Å²) in [6.07, 6.45) is 0. The first-order valence-electron chi connectivity index (χ1n) is 5.74. The van der Waals surface area contributed by atoms with Crippen molar-refractivity contribution in [2.24, 2.45) is 0 Å². The minimum atomic E-state index is 0.0278. The van der Waals surface area contributed by atoms with Gasteiger partial charge in [0.15, 0.2) is 0 Å². The van der Waals surface area contributed by atoms with Crippen LogP contribution in [0.4, 0.5) is 0 Å². The van der Waals surface area contributed by atoms with Gasteiger partial charge < -0.3 is 10.1 Å². The molecule has 3 aromatic rings. The number of nitrogens with one attached hydrogen (secondary N) is 1. The van der Waals surface area contributed by atoms with Crippen LogP contribution in [-0.2, 0) is 0 Å². The van der Waals surface area contributed by atoms with Gasteiger partial charge in [-0.05, 0) is 0 Å². The van der Waals surface area contributed by atoms with Crippen molar-refractivity contribution in [3.8, 4) is 28.5 Å². The molecule has 0 aliphatic carbocycles. The Morgan fingerprint density at radius 2 is 1.33 bits per heavy atom. The van der Waals surface area contributed by atoms with Crippen molar-refractivity contribution in [2.75, 3.05) is 0 Å². The van der Waals surface area contributed by atoms with Crippen LogP contribution in [0, 0.1) is 0 Å². The quantitative estimate of drug-likeness (QED) is 0.716. The zero-order valence-electron chi connectivity index (χ0n) is 9.67. The zero-order chi connectivity index (χ0) is 12.4. The Morgan fingerprint density at radius 1 is 0.778 bits per heavy atom. The fourth-order valence-electron chi connectivity index (χ4n) is 1.90. The summed E-state index contributed by atoms with van der Waals surface area (Å²) in [5.74, 6) is 0.701. The summed E-state index contributed by atoms with van der Waals surface area (Å²) < 4.78 is 0. The summed E-state index contributed by atoms with van der Waals surface area (Å²) in [6, 6.07) is 19.4. The third-order valence-electron chi connectivity index (χ3n) is 2.79. The number of aromatic nitrogens is 2. The highest BCUT2D eigenvalue weighted by Gasteiger charge is 2.11. The number of aromatic amines is 1. The smallest absolute Gasteiger partial charge is 0.237 e. The molecule has 2 N–H and O–H groups in total. The van der Waals surface area contributed by atoms with E-state index in [0.717, 1.165) is 11.1 Å². The second kappa shape index (κ2) is 4.37. The molecule has 2 aromatic carbocycles. The van der Waals surface area contributed by atoms with Gasteiger partial charge >= 0.3 is 0 Å². The van der Waals surface area contributed by atoms with Crippen LogP contribution >= 0.6 is 0 Å². The van der Waals surface area contributed by atoms with E-state index < -0.39 is 0 Å². The van der Waals surface area contributed by atoms with Crippen molar-refractivity contribution in [3.63, 3.8) is 0 Å². The molecular formula is C15H12N2O. The summed E-state index contributed by atoms with van der Waals surface area (Å²) in [7, 11) is 0. The first kappa shape index (κ1) is 10.6. The van der Waals surface area contributed by atoms with Crippen molar-refractivity contribution >= 4 is 0 Å². The topological polar surface area (TPSA) is 48.9 Å². The molecule has 1 heterocycles. The molecule has 3 rings (SSSR count). The Hall–Kier alpha value is -2.55. The second-order valence-corrected chi connectivity index (χ2v) is 4.02. The molecule has 0 radical (unpaired) electrons. The SMILES string of the molecule is Oc1nc(-c2ccccc2)[nH]c1-c1ccccc1. The number of rotatable bonds is 2. The number of imidazole rings is 1. The molecule has 3 nitrogen and oxygen atoms in total. The lowest BCUT2D eigenvalue weighted by Gasteiger charge is -1.97. The molecule has 0 saturated heterocycles. The van der Waals surface area contributed by atoms with Crippen LogP contribution in [0.25, 0.3) is 22.6 Å². The van der Waals surface area contributed by atoms with Crippen molar-refractivity contribution in [1.82, 2.24) is 9.97 Å². The van der Waals surface area contributed by atoms with E-state index in [2.05, 4.69) is 9.97 Å². The summed E-state index contributed by atoms with van der Waals surface area (Å²) >= 11 is 0. The fourth-order valence-corrected chi connectivity index (χ4v) is 1.90. The van der Waals surface area contributed by atoms with Crippen molar-refractivity contribution in [3.05, 3.63) is 60.7 Å². The third kappa shape index (κ3) is 1.86. The van der Waals surface area contributed by atoms with E-state index in [4.69, 9.17) is 0 Å². The molecule has 0 saturated carbocycles. The number of aromatic hydroxyl groups is 1. The molecule has 3 heteroatoms. The van der Waals surface area contributed by atoms with E-state index in [1.807, 2.05) is 60.7 Å². The van der Waals surface area contributed by atoms with Gasteiger partial charge in [-0.2, -0.15) is 4.98 Å². The van der Waals surface area contributed by atoms with Gasteiger partial charge in [0.2, 0.25) is 5.88 Å². The predicted molar refractivity (Wildman–Crippen MR) is 71.1 cm³/mol. The highest BCUT2D eigenvalue weighted by Crippen LogP contribution is 2.29. The van der Waals surface area contributed by atoms with E-state index in [1.54, 1.807) is 0 Å². The number of nitrogens with zero attached hydrogens (tertiary/aromatic N) is 1. The molecular weight excluding hydrogens is 224 g/mol. The second-order valence-electron chi connectivity index (χ2n) is 4.02. The van der Waals surface area contributed by atoms with Crippen LogP contribution in [0.5, 0.6) is 5.88 Å². The zero-order valence-corrected chi connectivity index (χ0v) is 9.67. The Labute approximate surface area is 105 Å². The first-order valence-corrected chi connectivity index (χ1v) is 5.74. The molecule has 0 spiro atoms. The largest absolute Gasteiger partial charge is 0.492 e. The third-order valence-corrected chi connectivity index (χ3v) is 2.79. The van der Waals surface area contributed by atoms with Crippen LogP contribution in [0.3, 0.4) is 0 Å². The monoisotopic (exact) mass is 236 g/mol. The van der Waals surface area contributed by atoms with Gasteiger partial charge in [-0.1, -0.05) is 60.7 Å². The van der Waals surface area contributed by atoms with Crippen LogP contribution in [-0.4, -0.2) is 15.1 Å². The minimum Gasteiger partial charge on any atom is -0.492 e. The van der Waals surface area contributed by atoms with Crippen molar-refractivity contribution in [1.29, 1.82) is 0 Å². The number of benzene rings is 2. The van der Waals surface area contributed by atoms with Crippen LogP contribution in [0.15, 0.2) is 60.7 Å². The molecule has 18 heavy (non-hydrogen) atoms. The van der Waals surface area contributed by atoms with E-state index >= 15 is 0 Å². The maximum absolute atomic E-state index is 9.90. The normalized spacial score (nSPS) is 10.4. The average molecular weight is 236 g/mol. The predicted octanol–water partition coefficient (Wildman–Crippen LogP) is 3.45. The van der Waals surface area contributed by atoms with Gasteiger partial charge in [0.1, 0.15) is 11.5 Å². The van der Waals surface area contributed by atoms with Gasteiger partial charge in [0.05, 0.1) is 0 Å². The van der Waals surface area contributed by atoms with Crippen LogP contribution < -0.4 is 0 Å². The number of H-pyrrole nitrogens is 1. The Kier molecular flexibility index (Phi) is 2.57. The first-order chi connectivity index (χ1) is 8.84. The van der Waals surface area contributed by atoms with E-state index in [9.17, 15) is 5.11 Å². The number of hydrogen-bond donors (Lipinski definition) is 2. The molecule has 0 bridgehead atoms. The summed E-state index contributed by atoms with van der Waals surface area (Å²) in [4.78, 5) is 7.31. The molecule has 1 aromatic heterocycles. The molecule has 0 atom stereocenters. The van der Waals surface area contributed by atoms with Crippen LogP contribution in [0.1, 0.15) is 0 Å². The number of hydrogen-bond acceptors (Lipinski definition) is 2. The van der Waals surface area contributed by atoms with Gasteiger partial charge in [-0.3, -0.25) is 0 Å². The standard InChI is InChI=1S/C15H12N2O/c18-15-13(11-7-3-1-4-8-11)16-14(17-15)12-9-5-2-6-10-12/h1-10,18H,(H,16,17). The van der Waals surface area contributed by atoms with E-state index in [0.29, 0.717) is 11.5 Å². The maximum atomic E-state index is 9.90. The Bertz CT molecular complexity index is 645. The lowest BCUT2D eigenvalue weighted by molar-refractivity contribution is 0.459. The molecule has 0 aliphatic rings. The van der Waals surface area contributed by atoms with E-state index in [-0.39, 0.29) is 5.88 Å². The van der Waals surface area contributed by atoms with Crippen molar-refractivity contribution in [2.45, 2.75) is 0 Å². The fraction of sp³-hybridized carbons (Fsp3) is 0. The van der Waals surface area contributed by atoms with E-state index in [1.165, 1.54) is 0 Å². The highest BCUT2D eigenvalue weighted by atomic mass is 16.3. The maximum Gasteiger partial charge on any atom is 0.237 e. The summed E-state index contributed by atoms with van der Waals surface area (Å²) in [6.45, 7) is 0. The molecule has 0 fully saturated rings. The average Bonchev–Trinajstić information content (AvgIpc) is 2.83. The summed E-state index contributed by atoms with van der Waals surface area (Å²) in [5.41, 5.74) is 2.52. The highest BCUT2D eigenvalue weighted by molar-refractivity contribution is 5.69.